The third kappa shape index (κ3) is 3.77. The topological polar surface area (TPSA) is 41.1 Å². The Morgan fingerprint density at radius 2 is 1.96 bits per heavy atom. The second-order valence-electron chi connectivity index (χ2n) is 6.32. The van der Waals surface area contributed by atoms with E-state index < -0.39 is 11.7 Å². The number of aromatic amines is 1. The van der Waals surface area contributed by atoms with Gasteiger partial charge in [-0.05, 0) is 49.4 Å². The molecule has 0 saturated carbocycles. The number of fused-ring (bicyclic) bond motifs is 1. The molecule has 0 spiro atoms. The molecular formula is C19H17F3N3OS. The number of H-pyrrole nitrogens is 1. The van der Waals surface area contributed by atoms with Crippen LogP contribution in [0.4, 0.5) is 18.9 Å². The zero-order chi connectivity index (χ0) is 19.0. The molecule has 1 aliphatic heterocycles. The number of anilines is 1. The maximum Gasteiger partial charge on any atom is 0.416 e. The third-order valence-corrected chi connectivity index (χ3v) is 5.62. The monoisotopic (exact) mass is 392 g/mol. The van der Waals surface area contributed by atoms with Gasteiger partial charge in [0, 0.05) is 10.6 Å². The quantitative estimate of drug-likeness (QED) is 0.674. The molecule has 1 aromatic heterocycles. The molecule has 1 fully saturated rings. The first-order chi connectivity index (χ1) is 12.9. The van der Waals surface area contributed by atoms with Crippen molar-refractivity contribution in [2.45, 2.75) is 29.4 Å². The molecule has 2 aromatic carbocycles. The molecule has 0 aliphatic carbocycles. The van der Waals surface area contributed by atoms with E-state index in [9.17, 15) is 13.2 Å². The van der Waals surface area contributed by atoms with E-state index in [-0.39, 0.29) is 11.4 Å². The van der Waals surface area contributed by atoms with E-state index in [1.165, 1.54) is 23.9 Å². The standard InChI is InChI=1S/C19H17F3N3OS/c1-12-9-26-10-18(27-15-5-2-13(3-6-15)19(20,21)22)25(12)14-4-7-16-17(8-14)24-11-23-16/h2-9,11-12,18H,10H2,1H3,(H,23,24). The summed E-state index contributed by atoms with van der Waals surface area (Å²) in [6, 6.07) is 11.2. The number of rotatable bonds is 3. The summed E-state index contributed by atoms with van der Waals surface area (Å²) in [7, 11) is 0. The van der Waals surface area contributed by atoms with Gasteiger partial charge in [-0.3, -0.25) is 0 Å². The van der Waals surface area contributed by atoms with Crippen LogP contribution in [0.2, 0.25) is 0 Å². The van der Waals surface area contributed by atoms with E-state index >= 15 is 0 Å². The van der Waals surface area contributed by atoms with Gasteiger partial charge >= 0.3 is 6.18 Å². The fourth-order valence-corrected chi connectivity index (χ4v) is 4.32. The van der Waals surface area contributed by atoms with Gasteiger partial charge in [-0.2, -0.15) is 13.2 Å². The molecule has 141 valence electrons. The lowest BCUT2D eigenvalue weighted by molar-refractivity contribution is -0.137. The summed E-state index contributed by atoms with van der Waals surface area (Å²) < 4.78 is 43.9. The highest BCUT2D eigenvalue weighted by Crippen LogP contribution is 2.37. The van der Waals surface area contributed by atoms with E-state index in [4.69, 9.17) is 4.74 Å². The molecule has 1 saturated heterocycles. The van der Waals surface area contributed by atoms with Crippen molar-refractivity contribution in [3.8, 4) is 0 Å². The Hall–Kier alpha value is -2.19. The van der Waals surface area contributed by atoms with Gasteiger partial charge in [-0.1, -0.05) is 11.8 Å². The average Bonchev–Trinajstić information content (AvgIpc) is 3.09. The van der Waals surface area contributed by atoms with Crippen LogP contribution in [-0.2, 0) is 10.9 Å². The zero-order valence-corrected chi connectivity index (χ0v) is 15.2. The number of halogens is 3. The highest BCUT2D eigenvalue weighted by atomic mass is 32.2. The fraction of sp³-hybridized carbons (Fsp3) is 0.263. The van der Waals surface area contributed by atoms with Crippen molar-refractivity contribution < 1.29 is 17.9 Å². The van der Waals surface area contributed by atoms with E-state index in [1.807, 2.05) is 25.1 Å². The van der Waals surface area contributed by atoms with Gasteiger partial charge in [0.25, 0.3) is 0 Å². The largest absolute Gasteiger partial charge is 0.416 e. The summed E-state index contributed by atoms with van der Waals surface area (Å²) >= 11 is 1.48. The van der Waals surface area contributed by atoms with Gasteiger partial charge < -0.3 is 14.6 Å². The average molecular weight is 392 g/mol. The van der Waals surface area contributed by atoms with Crippen LogP contribution < -0.4 is 4.90 Å². The first-order valence-electron chi connectivity index (χ1n) is 8.42. The number of imidazole rings is 1. The highest BCUT2D eigenvalue weighted by Gasteiger charge is 2.32. The Morgan fingerprint density at radius 3 is 2.70 bits per heavy atom. The number of morpholine rings is 1. The Balaban J connectivity index is 1.59. The fourth-order valence-electron chi connectivity index (χ4n) is 3.14. The second-order valence-corrected chi connectivity index (χ2v) is 7.57. The van der Waals surface area contributed by atoms with Crippen LogP contribution in [0.5, 0.6) is 0 Å². The SMILES string of the molecule is CC1[CH]OCC(Sc2ccc(C(F)(F)F)cc2)N1c1ccc2[nH]cnc2c1. The van der Waals surface area contributed by atoms with E-state index in [2.05, 4.69) is 14.9 Å². The van der Waals surface area contributed by atoms with Crippen LogP contribution in [-0.4, -0.2) is 28.0 Å². The molecule has 2 heterocycles. The van der Waals surface area contributed by atoms with Crippen molar-refractivity contribution in [1.82, 2.24) is 9.97 Å². The van der Waals surface area contributed by atoms with Gasteiger partial charge in [0.2, 0.25) is 0 Å². The number of hydrogen-bond donors (Lipinski definition) is 1. The van der Waals surface area contributed by atoms with E-state index in [0.29, 0.717) is 6.61 Å². The minimum absolute atomic E-state index is 0.0158. The Morgan fingerprint density at radius 1 is 1.19 bits per heavy atom. The third-order valence-electron chi connectivity index (χ3n) is 4.44. The predicted octanol–water partition coefficient (Wildman–Crippen LogP) is 5.09. The Bertz CT molecular complexity index is 926. The number of aromatic nitrogens is 2. The van der Waals surface area contributed by atoms with Crippen LogP contribution in [0.25, 0.3) is 11.0 Å². The van der Waals surface area contributed by atoms with Crippen molar-refractivity contribution in [3.05, 3.63) is 61.0 Å². The van der Waals surface area contributed by atoms with Crippen LogP contribution in [0, 0.1) is 6.61 Å². The number of alkyl halides is 3. The number of thioether (sulfide) groups is 1. The molecular weight excluding hydrogens is 375 g/mol. The summed E-state index contributed by atoms with van der Waals surface area (Å²) in [6.07, 6.45) is -2.68. The molecule has 1 aliphatic rings. The lowest BCUT2D eigenvalue weighted by Gasteiger charge is -2.41. The first kappa shape index (κ1) is 18.2. The first-order valence-corrected chi connectivity index (χ1v) is 9.30. The van der Waals surface area contributed by atoms with Gasteiger partial charge in [0.05, 0.1) is 35.6 Å². The number of benzene rings is 2. The van der Waals surface area contributed by atoms with Crippen LogP contribution in [0.15, 0.2) is 53.7 Å². The summed E-state index contributed by atoms with van der Waals surface area (Å²) in [5.41, 5.74) is 2.17. The molecule has 8 heteroatoms. The molecule has 0 amide bonds. The van der Waals surface area contributed by atoms with Gasteiger partial charge in [-0.15, -0.1) is 0 Å². The number of nitrogens with one attached hydrogen (secondary N) is 1. The Kier molecular flexibility index (Phi) is 4.77. The molecule has 27 heavy (non-hydrogen) atoms. The zero-order valence-electron chi connectivity index (χ0n) is 14.4. The van der Waals surface area contributed by atoms with Gasteiger partial charge in [-0.25, -0.2) is 4.98 Å². The Labute approximate surface area is 158 Å². The lowest BCUT2D eigenvalue weighted by Crippen LogP contribution is -2.47. The maximum atomic E-state index is 12.8. The maximum absolute atomic E-state index is 12.8. The lowest BCUT2D eigenvalue weighted by atomic mass is 10.2. The minimum Gasteiger partial charge on any atom is -0.370 e. The summed E-state index contributed by atoms with van der Waals surface area (Å²) in [5, 5.41) is -0.0712. The van der Waals surface area contributed by atoms with Crippen molar-refractivity contribution in [3.63, 3.8) is 0 Å². The molecule has 3 aromatic rings. The predicted molar refractivity (Wildman–Crippen MR) is 99.4 cm³/mol. The summed E-state index contributed by atoms with van der Waals surface area (Å²) in [5.74, 6) is 0. The minimum atomic E-state index is -4.33. The number of hydrogen-bond acceptors (Lipinski definition) is 4. The molecule has 0 bridgehead atoms. The molecule has 2 unspecified atom stereocenters. The molecule has 2 atom stereocenters. The second kappa shape index (κ2) is 7.09. The number of nitrogens with zero attached hydrogens (tertiary/aromatic N) is 2. The normalized spacial score (nSPS) is 21.0. The number of ether oxygens (including phenoxy) is 1. The molecule has 4 rings (SSSR count). The molecule has 1 radical (unpaired) electrons. The van der Waals surface area contributed by atoms with Crippen molar-refractivity contribution in [2.24, 2.45) is 0 Å². The van der Waals surface area contributed by atoms with Gasteiger partial charge in [0.15, 0.2) is 0 Å². The van der Waals surface area contributed by atoms with Gasteiger partial charge in [0.1, 0.15) is 12.0 Å². The van der Waals surface area contributed by atoms with Crippen LogP contribution in [0.1, 0.15) is 12.5 Å². The molecule has 1 N–H and O–H groups in total. The summed E-state index contributed by atoms with van der Waals surface area (Å²) in [4.78, 5) is 10.3. The van der Waals surface area contributed by atoms with Crippen molar-refractivity contribution in [2.75, 3.05) is 11.5 Å². The van der Waals surface area contributed by atoms with E-state index in [0.717, 1.165) is 33.7 Å². The summed E-state index contributed by atoms with van der Waals surface area (Å²) in [6.45, 7) is 4.24. The molecule has 4 nitrogen and oxygen atoms in total. The van der Waals surface area contributed by atoms with Crippen LogP contribution in [0.3, 0.4) is 0 Å². The highest BCUT2D eigenvalue weighted by molar-refractivity contribution is 8.00. The van der Waals surface area contributed by atoms with Crippen molar-refractivity contribution in [1.29, 1.82) is 0 Å². The smallest absolute Gasteiger partial charge is 0.370 e. The van der Waals surface area contributed by atoms with Crippen LogP contribution >= 0.6 is 11.8 Å². The van der Waals surface area contributed by atoms with Crippen molar-refractivity contribution >= 4 is 28.5 Å². The van der Waals surface area contributed by atoms with E-state index in [1.54, 1.807) is 12.9 Å².